The summed E-state index contributed by atoms with van der Waals surface area (Å²) in [6.07, 6.45) is -0.715. The molecule has 6 heteroatoms. The number of carbonyl (C=O) groups is 1. The Morgan fingerprint density at radius 1 is 1.35 bits per heavy atom. The maximum Gasteiger partial charge on any atom is 0.573 e. The van der Waals surface area contributed by atoms with Gasteiger partial charge < -0.3 is 9.53 Å². The molecule has 92 valence electrons. The van der Waals surface area contributed by atoms with Gasteiger partial charge in [-0.2, -0.15) is 0 Å². The summed E-state index contributed by atoms with van der Waals surface area (Å²) in [4.78, 5) is 10.1. The van der Waals surface area contributed by atoms with Crippen molar-refractivity contribution in [1.82, 2.24) is 0 Å². The van der Waals surface area contributed by atoms with Gasteiger partial charge >= 0.3 is 6.36 Å². The summed E-state index contributed by atoms with van der Waals surface area (Å²) < 4.78 is 39.4. The van der Waals surface area contributed by atoms with Crippen LogP contribution in [0.4, 0.5) is 13.2 Å². The van der Waals surface area contributed by atoms with E-state index in [4.69, 9.17) is 11.6 Å². The predicted octanol–water partition coefficient (Wildman–Crippen LogP) is 3.84. The number of aldehydes is 1. The fourth-order valence-electron chi connectivity index (χ4n) is 1.09. The highest BCUT2D eigenvalue weighted by atomic mass is 35.5. The Labute approximate surface area is 101 Å². The average molecular weight is 265 g/mol. The molecule has 1 aromatic rings. The van der Waals surface area contributed by atoms with Crippen molar-refractivity contribution in [2.24, 2.45) is 0 Å². The van der Waals surface area contributed by atoms with E-state index < -0.39 is 6.36 Å². The lowest BCUT2D eigenvalue weighted by atomic mass is 10.2. The van der Waals surface area contributed by atoms with Crippen molar-refractivity contribution in [3.8, 4) is 5.75 Å². The quantitative estimate of drug-likeness (QED) is 0.773. The average Bonchev–Trinajstić information content (AvgIpc) is 2.19. The van der Waals surface area contributed by atoms with Crippen LogP contribution in [0.2, 0.25) is 5.02 Å². The molecule has 0 atom stereocenters. The molecule has 0 N–H and O–H groups in total. The minimum Gasteiger partial charge on any atom is -0.406 e. The molecule has 0 spiro atoms. The van der Waals surface area contributed by atoms with E-state index in [1.165, 1.54) is 6.07 Å². The van der Waals surface area contributed by atoms with E-state index >= 15 is 0 Å². The molecule has 0 unspecified atom stereocenters. The molecular formula is C11H8ClF3O2. The van der Waals surface area contributed by atoms with Gasteiger partial charge in [0.1, 0.15) is 12.0 Å². The standard InChI is InChI=1S/C11H8ClF3O2/c12-10-7-9(17-11(13,14)15)5-4-8(10)3-1-2-6-16/h1,3-7H,2H2. The van der Waals surface area contributed by atoms with Gasteiger partial charge in [0.15, 0.2) is 0 Å². The zero-order valence-corrected chi connectivity index (χ0v) is 9.26. The van der Waals surface area contributed by atoms with Crippen molar-refractivity contribution in [1.29, 1.82) is 0 Å². The van der Waals surface area contributed by atoms with Gasteiger partial charge in [0.05, 0.1) is 5.02 Å². The first kappa shape index (κ1) is 13.6. The van der Waals surface area contributed by atoms with Crippen molar-refractivity contribution in [2.45, 2.75) is 12.8 Å². The van der Waals surface area contributed by atoms with Crippen LogP contribution in [-0.2, 0) is 4.79 Å². The number of hydrogen-bond donors (Lipinski definition) is 0. The third kappa shape index (κ3) is 4.91. The van der Waals surface area contributed by atoms with Crippen LogP contribution < -0.4 is 4.74 Å². The van der Waals surface area contributed by atoms with Gasteiger partial charge in [-0.05, 0) is 23.8 Å². The summed E-state index contributed by atoms with van der Waals surface area (Å²) in [5, 5.41) is 0.119. The van der Waals surface area contributed by atoms with Gasteiger partial charge in [-0.15, -0.1) is 13.2 Å². The van der Waals surface area contributed by atoms with Crippen molar-refractivity contribution >= 4 is 24.0 Å². The maximum atomic E-state index is 11.9. The third-order valence-electron chi connectivity index (χ3n) is 1.74. The Hall–Kier alpha value is -1.49. The van der Waals surface area contributed by atoms with Gasteiger partial charge in [-0.3, -0.25) is 0 Å². The first-order valence-electron chi connectivity index (χ1n) is 4.58. The molecule has 0 aromatic heterocycles. The summed E-state index contributed by atoms with van der Waals surface area (Å²) in [6, 6.07) is 3.60. The van der Waals surface area contributed by atoms with E-state index in [9.17, 15) is 18.0 Å². The van der Waals surface area contributed by atoms with E-state index in [2.05, 4.69) is 4.74 Å². The first-order chi connectivity index (χ1) is 7.92. The molecule has 0 saturated carbocycles. The lowest BCUT2D eigenvalue weighted by Crippen LogP contribution is -2.17. The zero-order chi connectivity index (χ0) is 12.9. The van der Waals surface area contributed by atoms with Crippen molar-refractivity contribution in [3.05, 3.63) is 34.9 Å². The highest BCUT2D eigenvalue weighted by Crippen LogP contribution is 2.28. The lowest BCUT2D eigenvalue weighted by Gasteiger charge is -2.09. The highest BCUT2D eigenvalue weighted by molar-refractivity contribution is 6.32. The summed E-state index contributed by atoms with van der Waals surface area (Å²) in [5.74, 6) is -0.380. The molecular weight excluding hydrogens is 257 g/mol. The van der Waals surface area contributed by atoms with E-state index in [0.29, 0.717) is 11.8 Å². The third-order valence-corrected chi connectivity index (χ3v) is 2.06. The van der Waals surface area contributed by atoms with Crippen molar-refractivity contribution in [3.63, 3.8) is 0 Å². The molecule has 1 rings (SSSR count). The lowest BCUT2D eigenvalue weighted by molar-refractivity contribution is -0.274. The van der Waals surface area contributed by atoms with Crippen molar-refractivity contribution in [2.75, 3.05) is 0 Å². The van der Waals surface area contributed by atoms with Crippen LogP contribution >= 0.6 is 11.6 Å². The molecule has 0 radical (unpaired) electrons. The van der Waals surface area contributed by atoms with Crippen LogP contribution in [0.25, 0.3) is 6.08 Å². The summed E-state index contributed by atoms with van der Waals surface area (Å²) >= 11 is 5.75. The Morgan fingerprint density at radius 3 is 2.59 bits per heavy atom. The fraction of sp³-hybridized carbons (Fsp3) is 0.182. The van der Waals surface area contributed by atoms with Crippen LogP contribution in [0.3, 0.4) is 0 Å². The number of allylic oxidation sites excluding steroid dienone is 1. The number of ether oxygens (including phenoxy) is 1. The normalized spacial score (nSPS) is 11.8. The van der Waals surface area contributed by atoms with Crippen molar-refractivity contribution < 1.29 is 22.7 Å². The minimum atomic E-state index is -4.74. The molecule has 1 aromatic carbocycles. The van der Waals surface area contributed by atoms with Gasteiger partial charge in [0.25, 0.3) is 0 Å². The molecule has 0 aliphatic heterocycles. The first-order valence-corrected chi connectivity index (χ1v) is 4.95. The van der Waals surface area contributed by atoms with E-state index in [1.807, 2.05) is 0 Å². The monoisotopic (exact) mass is 264 g/mol. The summed E-state index contributed by atoms with van der Waals surface area (Å²) in [6.45, 7) is 0. The number of rotatable bonds is 4. The highest BCUT2D eigenvalue weighted by Gasteiger charge is 2.31. The largest absolute Gasteiger partial charge is 0.573 e. The second-order valence-corrected chi connectivity index (χ2v) is 3.44. The van der Waals surface area contributed by atoms with Gasteiger partial charge in [-0.25, -0.2) is 0 Å². The molecule has 0 heterocycles. The number of alkyl halides is 3. The molecule has 0 saturated heterocycles. The molecule has 17 heavy (non-hydrogen) atoms. The predicted molar refractivity (Wildman–Crippen MR) is 57.9 cm³/mol. The Kier molecular flexibility index (Phi) is 4.57. The Morgan fingerprint density at radius 2 is 2.06 bits per heavy atom. The van der Waals surface area contributed by atoms with Gasteiger partial charge in [0, 0.05) is 6.42 Å². The second kappa shape index (κ2) is 5.72. The van der Waals surface area contributed by atoms with Crippen LogP contribution in [0.15, 0.2) is 24.3 Å². The second-order valence-electron chi connectivity index (χ2n) is 3.04. The number of halogens is 4. The van der Waals surface area contributed by atoms with Gasteiger partial charge in [-0.1, -0.05) is 23.8 Å². The molecule has 0 aliphatic rings. The van der Waals surface area contributed by atoms with Crippen LogP contribution in [0.5, 0.6) is 5.75 Å². The number of benzene rings is 1. The minimum absolute atomic E-state index is 0.119. The number of carbonyl (C=O) groups excluding carboxylic acids is 1. The SMILES string of the molecule is O=CCC=Cc1ccc(OC(F)(F)F)cc1Cl. The maximum absolute atomic E-state index is 11.9. The van der Waals surface area contributed by atoms with Crippen LogP contribution in [0.1, 0.15) is 12.0 Å². The number of hydrogen-bond acceptors (Lipinski definition) is 2. The van der Waals surface area contributed by atoms with E-state index in [-0.39, 0.29) is 17.2 Å². The molecule has 0 aliphatic carbocycles. The summed E-state index contributed by atoms with van der Waals surface area (Å²) in [5.41, 5.74) is 0.517. The van der Waals surface area contributed by atoms with Crippen LogP contribution in [-0.4, -0.2) is 12.6 Å². The van der Waals surface area contributed by atoms with E-state index in [1.54, 1.807) is 12.2 Å². The topological polar surface area (TPSA) is 26.3 Å². The molecule has 2 nitrogen and oxygen atoms in total. The fourth-order valence-corrected chi connectivity index (χ4v) is 1.32. The molecule has 0 fully saturated rings. The van der Waals surface area contributed by atoms with E-state index in [0.717, 1.165) is 12.1 Å². The Balaban J connectivity index is 2.82. The molecule has 0 bridgehead atoms. The summed E-state index contributed by atoms with van der Waals surface area (Å²) in [7, 11) is 0. The smallest absolute Gasteiger partial charge is 0.406 e. The zero-order valence-electron chi connectivity index (χ0n) is 8.50. The Bertz CT molecular complexity index is 427. The van der Waals surface area contributed by atoms with Gasteiger partial charge in [0.2, 0.25) is 0 Å². The molecule has 0 amide bonds. The van der Waals surface area contributed by atoms with Crippen LogP contribution in [0, 0.1) is 0 Å².